The lowest BCUT2D eigenvalue weighted by atomic mass is 10.3. The van der Waals surface area contributed by atoms with Gasteiger partial charge < -0.3 is 5.32 Å². The molecule has 0 spiro atoms. The third-order valence-electron chi connectivity index (χ3n) is 3.09. The highest BCUT2D eigenvalue weighted by Crippen LogP contribution is 2.28. The fourth-order valence-corrected chi connectivity index (χ4v) is 2.87. The molecule has 9 heteroatoms. The molecule has 0 bridgehead atoms. The lowest BCUT2D eigenvalue weighted by Crippen LogP contribution is -2.16. The van der Waals surface area contributed by atoms with Crippen molar-refractivity contribution in [2.45, 2.75) is 13.8 Å². The van der Waals surface area contributed by atoms with E-state index in [1.165, 1.54) is 17.5 Å². The molecule has 0 aliphatic heterocycles. The van der Waals surface area contributed by atoms with E-state index in [9.17, 15) is 4.79 Å². The molecule has 0 fully saturated rings. The van der Waals surface area contributed by atoms with Crippen LogP contribution in [0, 0.1) is 25.2 Å². The number of aromatic nitrogens is 4. The number of hydrogen-bond donors (Lipinski definition) is 2. The number of rotatable bonds is 4. The molecule has 1 amide bonds. The minimum absolute atomic E-state index is 0.217. The van der Waals surface area contributed by atoms with E-state index in [0.29, 0.717) is 16.3 Å². The van der Waals surface area contributed by atoms with Crippen LogP contribution in [0.5, 0.6) is 0 Å². The molecular formula is C16H13N7OS. The Morgan fingerprint density at radius 3 is 2.88 bits per heavy atom. The first-order valence-electron chi connectivity index (χ1n) is 7.26. The molecule has 8 nitrogen and oxygen atoms in total. The quantitative estimate of drug-likeness (QED) is 0.742. The first kappa shape index (κ1) is 16.5. The number of aryl methyl sites for hydroxylation is 2. The standard InChI is InChI=1S/C16H13N7OS/c1-9-3-4-19-16(20-9)23-14(24)13-15(25-10(2)21-13)22-12-5-11(6-17)7-18-8-12/h3-5,7-8,22H,1-2H3,(H,19,20,23,24). The van der Waals surface area contributed by atoms with E-state index < -0.39 is 5.91 Å². The van der Waals surface area contributed by atoms with Gasteiger partial charge in [-0.25, -0.2) is 15.0 Å². The molecule has 124 valence electrons. The summed E-state index contributed by atoms with van der Waals surface area (Å²) in [5.74, 6) is -0.198. The highest BCUT2D eigenvalue weighted by atomic mass is 32.1. The van der Waals surface area contributed by atoms with Crippen molar-refractivity contribution < 1.29 is 4.79 Å². The van der Waals surface area contributed by atoms with Gasteiger partial charge in [-0.15, -0.1) is 11.3 Å². The van der Waals surface area contributed by atoms with E-state index in [1.807, 2.05) is 13.0 Å². The number of carbonyl (C=O) groups excluding carboxylic acids is 1. The number of pyridine rings is 1. The second-order valence-corrected chi connectivity index (χ2v) is 6.29. The highest BCUT2D eigenvalue weighted by molar-refractivity contribution is 7.16. The van der Waals surface area contributed by atoms with Crippen LogP contribution >= 0.6 is 11.3 Å². The number of hydrogen-bond acceptors (Lipinski definition) is 8. The molecule has 0 aromatic carbocycles. The van der Waals surface area contributed by atoms with E-state index in [-0.39, 0.29) is 11.6 Å². The van der Waals surface area contributed by atoms with Crippen molar-refractivity contribution in [3.8, 4) is 6.07 Å². The van der Waals surface area contributed by atoms with Gasteiger partial charge in [0.1, 0.15) is 11.1 Å². The minimum atomic E-state index is -0.415. The van der Waals surface area contributed by atoms with Gasteiger partial charge in [-0.3, -0.25) is 15.1 Å². The zero-order valence-electron chi connectivity index (χ0n) is 13.4. The normalized spacial score (nSPS) is 10.1. The van der Waals surface area contributed by atoms with Crippen LogP contribution in [-0.4, -0.2) is 25.8 Å². The number of nitriles is 1. The van der Waals surface area contributed by atoms with Gasteiger partial charge in [0.2, 0.25) is 5.95 Å². The summed E-state index contributed by atoms with van der Waals surface area (Å²) in [5.41, 5.74) is 2.00. The number of thiazole rings is 1. The molecule has 3 aromatic heterocycles. The summed E-state index contributed by atoms with van der Waals surface area (Å²) in [6.45, 7) is 3.62. The van der Waals surface area contributed by atoms with Gasteiger partial charge >= 0.3 is 0 Å². The number of amides is 1. The molecule has 3 heterocycles. The van der Waals surface area contributed by atoms with E-state index in [2.05, 4.69) is 30.6 Å². The summed E-state index contributed by atoms with van der Waals surface area (Å²) in [6.07, 6.45) is 4.61. The summed E-state index contributed by atoms with van der Waals surface area (Å²) in [5, 5.41) is 16.0. The Morgan fingerprint density at radius 1 is 1.28 bits per heavy atom. The van der Waals surface area contributed by atoms with E-state index in [4.69, 9.17) is 5.26 Å². The summed E-state index contributed by atoms with van der Waals surface area (Å²) in [6, 6.07) is 5.41. The van der Waals surface area contributed by atoms with E-state index >= 15 is 0 Å². The van der Waals surface area contributed by atoms with Crippen molar-refractivity contribution in [1.82, 2.24) is 19.9 Å². The maximum atomic E-state index is 12.5. The zero-order valence-corrected chi connectivity index (χ0v) is 14.3. The maximum Gasteiger partial charge on any atom is 0.279 e. The molecule has 3 aromatic rings. The molecule has 0 saturated carbocycles. The van der Waals surface area contributed by atoms with Crippen LogP contribution in [0.3, 0.4) is 0 Å². The van der Waals surface area contributed by atoms with Crippen molar-refractivity contribution in [3.63, 3.8) is 0 Å². The minimum Gasteiger partial charge on any atom is -0.344 e. The van der Waals surface area contributed by atoms with Gasteiger partial charge in [-0.1, -0.05) is 0 Å². The van der Waals surface area contributed by atoms with Crippen molar-refractivity contribution in [1.29, 1.82) is 5.26 Å². The van der Waals surface area contributed by atoms with Gasteiger partial charge in [0.05, 0.1) is 22.5 Å². The summed E-state index contributed by atoms with van der Waals surface area (Å²) >= 11 is 1.33. The Hall–Kier alpha value is -3.38. The van der Waals surface area contributed by atoms with Crippen LogP contribution in [-0.2, 0) is 0 Å². The lowest BCUT2D eigenvalue weighted by Gasteiger charge is -2.06. The molecule has 0 aliphatic carbocycles. The third kappa shape index (κ3) is 3.94. The van der Waals surface area contributed by atoms with Crippen LogP contribution in [0.2, 0.25) is 0 Å². The smallest absolute Gasteiger partial charge is 0.279 e. The Kier molecular flexibility index (Phi) is 4.63. The van der Waals surface area contributed by atoms with Crippen molar-refractivity contribution in [2.24, 2.45) is 0 Å². The number of nitrogens with zero attached hydrogens (tertiary/aromatic N) is 5. The first-order chi connectivity index (χ1) is 12.0. The Morgan fingerprint density at radius 2 is 2.12 bits per heavy atom. The Balaban J connectivity index is 1.85. The van der Waals surface area contributed by atoms with Gasteiger partial charge in [-0.2, -0.15) is 5.26 Å². The number of anilines is 3. The Bertz CT molecular complexity index is 977. The van der Waals surface area contributed by atoms with Gasteiger partial charge in [0, 0.05) is 18.1 Å². The first-order valence-corrected chi connectivity index (χ1v) is 8.07. The van der Waals surface area contributed by atoms with Crippen LogP contribution in [0.4, 0.5) is 16.6 Å². The molecular weight excluding hydrogens is 338 g/mol. The van der Waals surface area contributed by atoms with Gasteiger partial charge in [-0.05, 0) is 26.0 Å². The zero-order chi connectivity index (χ0) is 17.8. The van der Waals surface area contributed by atoms with E-state index in [1.54, 1.807) is 31.5 Å². The Labute approximate surface area is 147 Å². The second kappa shape index (κ2) is 7.02. The van der Waals surface area contributed by atoms with Crippen LogP contribution in [0.15, 0.2) is 30.7 Å². The SMILES string of the molecule is Cc1ccnc(NC(=O)c2nc(C)sc2Nc2cncc(C#N)c2)n1. The molecule has 0 radical (unpaired) electrons. The molecule has 0 aliphatic rings. The van der Waals surface area contributed by atoms with Gasteiger partial charge in [0.15, 0.2) is 5.69 Å². The molecule has 0 unspecified atom stereocenters. The molecule has 0 atom stereocenters. The summed E-state index contributed by atoms with van der Waals surface area (Å²) in [7, 11) is 0. The van der Waals surface area contributed by atoms with Crippen LogP contribution in [0.25, 0.3) is 0 Å². The van der Waals surface area contributed by atoms with Crippen LogP contribution < -0.4 is 10.6 Å². The van der Waals surface area contributed by atoms with Crippen molar-refractivity contribution in [3.05, 3.63) is 52.7 Å². The van der Waals surface area contributed by atoms with Crippen LogP contribution in [0.1, 0.15) is 26.8 Å². The predicted molar refractivity (Wildman–Crippen MR) is 93.8 cm³/mol. The topological polar surface area (TPSA) is 116 Å². The average Bonchev–Trinajstić information content (AvgIpc) is 2.95. The molecule has 0 saturated heterocycles. The monoisotopic (exact) mass is 351 g/mol. The highest BCUT2D eigenvalue weighted by Gasteiger charge is 2.18. The van der Waals surface area contributed by atoms with Crippen molar-refractivity contribution >= 4 is 33.9 Å². The maximum absolute atomic E-state index is 12.5. The van der Waals surface area contributed by atoms with E-state index in [0.717, 1.165) is 10.7 Å². The fraction of sp³-hybridized carbons (Fsp3) is 0.125. The van der Waals surface area contributed by atoms with Crippen molar-refractivity contribution in [2.75, 3.05) is 10.6 Å². The third-order valence-corrected chi connectivity index (χ3v) is 3.98. The number of nitrogens with one attached hydrogen (secondary N) is 2. The second-order valence-electron chi connectivity index (χ2n) is 5.09. The lowest BCUT2D eigenvalue weighted by molar-refractivity contribution is 0.102. The summed E-state index contributed by atoms with van der Waals surface area (Å²) < 4.78 is 0. The predicted octanol–water partition coefficient (Wildman–Crippen LogP) is 2.81. The summed E-state index contributed by atoms with van der Waals surface area (Å²) in [4.78, 5) is 28.9. The van der Waals surface area contributed by atoms with Gasteiger partial charge in [0.25, 0.3) is 5.91 Å². The number of carbonyl (C=O) groups is 1. The average molecular weight is 351 g/mol. The molecule has 2 N–H and O–H groups in total. The molecule has 3 rings (SSSR count). The fourth-order valence-electron chi connectivity index (χ4n) is 2.04. The largest absolute Gasteiger partial charge is 0.344 e. The molecule has 25 heavy (non-hydrogen) atoms.